The Kier molecular flexibility index (Phi) is 6.30. The van der Waals surface area contributed by atoms with E-state index in [-0.39, 0.29) is 31.2 Å². The van der Waals surface area contributed by atoms with Gasteiger partial charge in [0.05, 0.1) is 12.0 Å². The first kappa shape index (κ1) is 17.3. The SMILES string of the molecule is CCC(C)C(O)CNC(=O)C1CCCC(C(F)(F)F)C1. The predicted octanol–water partition coefficient (Wildman–Crippen LogP) is 2.88. The van der Waals surface area contributed by atoms with Crippen molar-refractivity contribution in [3.05, 3.63) is 0 Å². The monoisotopic (exact) mass is 295 g/mol. The molecule has 0 bridgehead atoms. The Hall–Kier alpha value is -0.780. The Labute approximate surface area is 117 Å². The summed E-state index contributed by atoms with van der Waals surface area (Å²) in [7, 11) is 0. The first-order chi connectivity index (χ1) is 9.25. The molecule has 1 aliphatic carbocycles. The van der Waals surface area contributed by atoms with Gasteiger partial charge in [-0.2, -0.15) is 13.2 Å². The Morgan fingerprint density at radius 3 is 2.60 bits per heavy atom. The lowest BCUT2D eigenvalue weighted by atomic mass is 9.80. The second-order valence-electron chi connectivity index (χ2n) is 5.80. The number of carbonyl (C=O) groups is 1. The number of nitrogens with one attached hydrogen (secondary N) is 1. The van der Waals surface area contributed by atoms with Crippen LogP contribution in [0.1, 0.15) is 46.0 Å². The topological polar surface area (TPSA) is 49.3 Å². The molecule has 0 heterocycles. The maximum Gasteiger partial charge on any atom is 0.391 e. The number of aliphatic hydroxyl groups is 1. The normalized spacial score (nSPS) is 26.9. The van der Waals surface area contributed by atoms with Crippen molar-refractivity contribution in [2.24, 2.45) is 17.8 Å². The maximum atomic E-state index is 12.7. The zero-order valence-corrected chi connectivity index (χ0v) is 12.0. The van der Waals surface area contributed by atoms with E-state index in [1.807, 2.05) is 13.8 Å². The fraction of sp³-hybridized carbons (Fsp3) is 0.929. The molecule has 1 fully saturated rings. The second-order valence-corrected chi connectivity index (χ2v) is 5.80. The van der Waals surface area contributed by atoms with Crippen LogP contribution in [0.15, 0.2) is 0 Å². The van der Waals surface area contributed by atoms with E-state index in [4.69, 9.17) is 0 Å². The van der Waals surface area contributed by atoms with Gasteiger partial charge in [-0.3, -0.25) is 4.79 Å². The van der Waals surface area contributed by atoms with Gasteiger partial charge in [0.15, 0.2) is 0 Å². The van der Waals surface area contributed by atoms with Crippen molar-refractivity contribution in [1.82, 2.24) is 5.32 Å². The van der Waals surface area contributed by atoms with Crippen molar-refractivity contribution in [3.63, 3.8) is 0 Å². The van der Waals surface area contributed by atoms with Crippen molar-refractivity contribution in [1.29, 1.82) is 0 Å². The van der Waals surface area contributed by atoms with Gasteiger partial charge in [0.2, 0.25) is 5.91 Å². The average Bonchev–Trinajstić information content (AvgIpc) is 2.42. The average molecular weight is 295 g/mol. The number of alkyl halides is 3. The summed E-state index contributed by atoms with van der Waals surface area (Å²) < 4.78 is 38.0. The summed E-state index contributed by atoms with van der Waals surface area (Å²) in [6, 6.07) is 0. The first-order valence-corrected chi connectivity index (χ1v) is 7.28. The molecule has 0 aromatic carbocycles. The zero-order chi connectivity index (χ0) is 15.3. The highest BCUT2D eigenvalue weighted by Crippen LogP contribution is 2.39. The third kappa shape index (κ3) is 4.96. The van der Waals surface area contributed by atoms with E-state index in [9.17, 15) is 23.1 Å². The highest BCUT2D eigenvalue weighted by Gasteiger charge is 2.43. The summed E-state index contributed by atoms with van der Waals surface area (Å²) in [5.41, 5.74) is 0. The van der Waals surface area contributed by atoms with Gasteiger partial charge in [-0.25, -0.2) is 0 Å². The van der Waals surface area contributed by atoms with Crippen LogP contribution in [0.25, 0.3) is 0 Å². The summed E-state index contributed by atoms with van der Waals surface area (Å²) >= 11 is 0. The van der Waals surface area contributed by atoms with Crippen LogP contribution in [0, 0.1) is 17.8 Å². The standard InChI is InChI=1S/C14H24F3NO2/c1-3-9(2)12(19)8-18-13(20)10-5-4-6-11(7-10)14(15,16)17/h9-12,19H,3-8H2,1-2H3,(H,18,20). The first-order valence-electron chi connectivity index (χ1n) is 7.28. The Morgan fingerprint density at radius 2 is 2.05 bits per heavy atom. The van der Waals surface area contributed by atoms with Crippen LogP contribution in [0.2, 0.25) is 0 Å². The summed E-state index contributed by atoms with van der Waals surface area (Å²) in [6.45, 7) is 3.92. The second kappa shape index (κ2) is 7.29. The van der Waals surface area contributed by atoms with Gasteiger partial charge < -0.3 is 10.4 Å². The van der Waals surface area contributed by atoms with Crippen LogP contribution < -0.4 is 5.32 Å². The predicted molar refractivity (Wildman–Crippen MR) is 70.0 cm³/mol. The number of carbonyl (C=O) groups excluding carboxylic acids is 1. The molecule has 20 heavy (non-hydrogen) atoms. The minimum absolute atomic E-state index is 0.0598. The summed E-state index contributed by atoms with van der Waals surface area (Å²) in [4.78, 5) is 11.9. The molecule has 0 aliphatic heterocycles. The van der Waals surface area contributed by atoms with Crippen molar-refractivity contribution in [2.45, 2.75) is 58.2 Å². The molecule has 4 unspecified atom stereocenters. The van der Waals surface area contributed by atoms with E-state index in [2.05, 4.69) is 5.32 Å². The van der Waals surface area contributed by atoms with Gasteiger partial charge in [0.1, 0.15) is 0 Å². The van der Waals surface area contributed by atoms with Gasteiger partial charge in [-0.1, -0.05) is 26.7 Å². The van der Waals surface area contributed by atoms with E-state index in [0.717, 1.165) is 6.42 Å². The van der Waals surface area contributed by atoms with Gasteiger partial charge in [0, 0.05) is 12.5 Å². The highest BCUT2D eigenvalue weighted by atomic mass is 19.4. The van der Waals surface area contributed by atoms with Crippen LogP contribution in [0.5, 0.6) is 0 Å². The number of aliphatic hydroxyl groups excluding tert-OH is 1. The van der Waals surface area contributed by atoms with Gasteiger partial charge >= 0.3 is 6.18 Å². The van der Waals surface area contributed by atoms with Crippen molar-refractivity contribution in [3.8, 4) is 0 Å². The van der Waals surface area contributed by atoms with Crippen molar-refractivity contribution < 1.29 is 23.1 Å². The molecule has 2 N–H and O–H groups in total. The summed E-state index contributed by atoms with van der Waals surface area (Å²) in [5, 5.41) is 12.3. The molecule has 6 heteroatoms. The zero-order valence-electron chi connectivity index (χ0n) is 12.0. The molecule has 1 saturated carbocycles. The molecule has 3 nitrogen and oxygen atoms in total. The Morgan fingerprint density at radius 1 is 1.40 bits per heavy atom. The number of halogens is 3. The number of amides is 1. The van der Waals surface area contributed by atoms with Gasteiger partial charge in [-0.05, 0) is 25.2 Å². The van der Waals surface area contributed by atoms with E-state index in [1.165, 1.54) is 0 Å². The van der Waals surface area contributed by atoms with Crippen LogP contribution in [0.4, 0.5) is 13.2 Å². The molecule has 0 aromatic heterocycles. The molecule has 0 aromatic rings. The molecular formula is C14H24F3NO2. The van der Waals surface area contributed by atoms with Crippen molar-refractivity contribution in [2.75, 3.05) is 6.54 Å². The van der Waals surface area contributed by atoms with Gasteiger partial charge in [-0.15, -0.1) is 0 Å². The lowest BCUT2D eigenvalue weighted by Crippen LogP contribution is -2.41. The quantitative estimate of drug-likeness (QED) is 0.819. The third-order valence-corrected chi connectivity index (χ3v) is 4.29. The molecule has 1 aliphatic rings. The molecule has 1 amide bonds. The number of hydrogen-bond acceptors (Lipinski definition) is 2. The van der Waals surface area contributed by atoms with Crippen LogP contribution in [-0.2, 0) is 4.79 Å². The fourth-order valence-corrected chi connectivity index (χ4v) is 2.55. The molecule has 0 saturated heterocycles. The molecule has 0 spiro atoms. The highest BCUT2D eigenvalue weighted by molar-refractivity contribution is 5.78. The summed E-state index contributed by atoms with van der Waals surface area (Å²) in [5.74, 6) is -2.25. The molecule has 1 rings (SSSR count). The van der Waals surface area contributed by atoms with E-state index >= 15 is 0 Å². The largest absolute Gasteiger partial charge is 0.391 e. The van der Waals surface area contributed by atoms with E-state index < -0.39 is 24.1 Å². The Bertz CT molecular complexity index is 320. The molecule has 118 valence electrons. The number of hydrogen-bond donors (Lipinski definition) is 2. The van der Waals surface area contributed by atoms with E-state index in [1.54, 1.807) is 0 Å². The van der Waals surface area contributed by atoms with Gasteiger partial charge in [0.25, 0.3) is 0 Å². The smallest absolute Gasteiger partial charge is 0.391 e. The fourth-order valence-electron chi connectivity index (χ4n) is 2.55. The lowest BCUT2D eigenvalue weighted by Gasteiger charge is -2.30. The minimum Gasteiger partial charge on any atom is -0.391 e. The maximum absolute atomic E-state index is 12.7. The molecular weight excluding hydrogens is 271 g/mol. The molecule has 0 radical (unpaired) electrons. The third-order valence-electron chi connectivity index (χ3n) is 4.29. The summed E-state index contributed by atoms with van der Waals surface area (Å²) in [6.07, 6.45) is -3.16. The Balaban J connectivity index is 2.43. The van der Waals surface area contributed by atoms with Crippen LogP contribution in [0.3, 0.4) is 0 Å². The molecule has 4 atom stereocenters. The van der Waals surface area contributed by atoms with E-state index in [0.29, 0.717) is 12.8 Å². The van der Waals surface area contributed by atoms with Crippen LogP contribution in [-0.4, -0.2) is 29.8 Å². The van der Waals surface area contributed by atoms with Crippen molar-refractivity contribution >= 4 is 5.91 Å². The van der Waals surface area contributed by atoms with Crippen LogP contribution >= 0.6 is 0 Å². The lowest BCUT2D eigenvalue weighted by molar-refractivity contribution is -0.186. The number of rotatable bonds is 5. The minimum atomic E-state index is -4.21.